The van der Waals surface area contributed by atoms with Gasteiger partial charge in [0.15, 0.2) is 0 Å². The van der Waals surface area contributed by atoms with E-state index in [0.717, 1.165) is 8.71 Å². The monoisotopic (exact) mass is 370 g/mol. The number of carbonyl (C=O) groups is 1. The average molecular weight is 369 g/mol. The van der Waals surface area contributed by atoms with Crippen molar-refractivity contribution in [3.05, 3.63) is 63.2 Å². The first-order valence-corrected chi connectivity index (χ1v) is 10.1. The van der Waals surface area contributed by atoms with Crippen molar-refractivity contribution >= 4 is 48.7 Å². The van der Waals surface area contributed by atoms with Gasteiger partial charge in [-0.1, -0.05) is 0 Å². The molecule has 0 spiro atoms. The minimum absolute atomic E-state index is 0.00227. The van der Waals surface area contributed by atoms with Crippen LogP contribution in [-0.4, -0.2) is 33.3 Å². The van der Waals surface area contributed by atoms with Gasteiger partial charge in [-0.2, -0.15) is 0 Å². The first-order valence-electron chi connectivity index (χ1n) is 5.89. The number of thioether (sulfide) groups is 2. The Labute approximate surface area is 133 Å². The molecular formula is C15H14O2S2Se. The minimum atomic E-state index is -0.0213. The zero-order valence-corrected chi connectivity index (χ0v) is 14.5. The number of allylic oxidation sites excluding steroid dienone is 1. The molecule has 0 radical (unpaired) electrons. The number of rotatable bonds is 6. The molecule has 0 saturated heterocycles. The van der Waals surface area contributed by atoms with Gasteiger partial charge in [0.25, 0.3) is 0 Å². The van der Waals surface area contributed by atoms with Crippen LogP contribution in [0.5, 0.6) is 0 Å². The molecule has 0 atom stereocenters. The van der Waals surface area contributed by atoms with Gasteiger partial charge in [-0.05, 0) is 0 Å². The van der Waals surface area contributed by atoms with Crippen molar-refractivity contribution in [2.45, 2.75) is 0 Å². The molecule has 1 aromatic heterocycles. The normalized spacial score (nSPS) is 10.3. The number of ketones is 1. The van der Waals surface area contributed by atoms with Gasteiger partial charge in [0.05, 0.1) is 0 Å². The van der Waals surface area contributed by atoms with E-state index in [1.807, 2.05) is 30.7 Å². The van der Waals surface area contributed by atoms with Crippen LogP contribution in [0, 0.1) is 0 Å². The van der Waals surface area contributed by atoms with E-state index in [9.17, 15) is 4.79 Å². The van der Waals surface area contributed by atoms with Crippen molar-refractivity contribution in [3.8, 4) is 0 Å². The second-order valence-electron chi connectivity index (χ2n) is 3.75. The molecule has 0 fully saturated rings. The van der Waals surface area contributed by atoms with E-state index in [-0.39, 0.29) is 20.7 Å². The van der Waals surface area contributed by atoms with E-state index in [1.54, 1.807) is 35.7 Å². The molecular weight excluding hydrogens is 355 g/mol. The maximum atomic E-state index is 12.6. The molecule has 20 heavy (non-hydrogen) atoms. The third-order valence-electron chi connectivity index (χ3n) is 2.47. The molecule has 1 aromatic carbocycles. The summed E-state index contributed by atoms with van der Waals surface area (Å²) in [5.74, 6) is 0.413. The summed E-state index contributed by atoms with van der Waals surface area (Å²) in [6, 6.07) is 13.6. The summed E-state index contributed by atoms with van der Waals surface area (Å²) in [6.45, 7) is 0. The molecule has 2 nitrogen and oxygen atoms in total. The Balaban J connectivity index is 2.36. The fourth-order valence-electron chi connectivity index (χ4n) is 1.58. The molecule has 1 heterocycles. The summed E-state index contributed by atoms with van der Waals surface area (Å²) in [4.78, 5) is 12.6. The quantitative estimate of drug-likeness (QED) is 0.444. The summed E-state index contributed by atoms with van der Waals surface area (Å²) in [6.07, 6.45) is 5.54. The Morgan fingerprint density at radius 1 is 1.05 bits per heavy atom. The summed E-state index contributed by atoms with van der Waals surface area (Å²) in [7, 11) is 0. The van der Waals surface area contributed by atoms with Gasteiger partial charge in [-0.3, -0.25) is 0 Å². The van der Waals surface area contributed by atoms with Gasteiger partial charge in [0.1, 0.15) is 0 Å². The number of carbonyl (C=O) groups excluding carboxylic acids is 1. The third-order valence-corrected chi connectivity index (χ3v) is 7.51. The molecule has 2 aromatic rings. The first kappa shape index (κ1) is 15.5. The van der Waals surface area contributed by atoms with Crippen LogP contribution in [0.4, 0.5) is 0 Å². The zero-order chi connectivity index (χ0) is 14.4. The van der Waals surface area contributed by atoms with E-state index in [2.05, 4.69) is 12.1 Å². The van der Waals surface area contributed by atoms with Crippen LogP contribution in [0.3, 0.4) is 0 Å². The molecule has 104 valence electrons. The summed E-state index contributed by atoms with van der Waals surface area (Å²) in [5.41, 5.74) is 0. The van der Waals surface area contributed by atoms with Gasteiger partial charge < -0.3 is 0 Å². The van der Waals surface area contributed by atoms with Crippen molar-refractivity contribution in [1.82, 2.24) is 0 Å². The summed E-state index contributed by atoms with van der Waals surface area (Å²) >= 11 is 3.22. The van der Waals surface area contributed by atoms with Crippen molar-refractivity contribution < 1.29 is 9.21 Å². The van der Waals surface area contributed by atoms with Gasteiger partial charge in [0.2, 0.25) is 0 Å². The SMILES string of the molecule is CSC(SC)=C([Se]c1ccccc1)C(=O)c1ccco1. The van der Waals surface area contributed by atoms with Crippen LogP contribution < -0.4 is 4.46 Å². The average Bonchev–Trinajstić information content (AvgIpc) is 3.02. The molecule has 0 unspecified atom stereocenters. The second kappa shape index (κ2) is 7.79. The van der Waals surface area contributed by atoms with Crippen LogP contribution in [0.2, 0.25) is 0 Å². The predicted molar refractivity (Wildman–Crippen MR) is 88.9 cm³/mol. The van der Waals surface area contributed by atoms with Gasteiger partial charge in [0, 0.05) is 0 Å². The Kier molecular flexibility index (Phi) is 6.04. The van der Waals surface area contributed by atoms with E-state index < -0.39 is 0 Å². The third kappa shape index (κ3) is 3.83. The standard InChI is InChI=1S/C15H14O2S2Se/c1-18-15(19-2)14(13(16)12-9-6-10-17-12)20-11-7-4-3-5-8-11/h3-10H,1-2H3. The number of Topliss-reactive ketones (excluding diaryl/α,β-unsaturated/α-hetero) is 1. The Hall–Kier alpha value is -0.871. The van der Waals surface area contributed by atoms with Crippen LogP contribution in [0.15, 0.2) is 61.9 Å². The molecule has 0 N–H and O–H groups in total. The van der Waals surface area contributed by atoms with Gasteiger partial charge in [-0.15, -0.1) is 0 Å². The van der Waals surface area contributed by atoms with Crippen LogP contribution >= 0.6 is 23.5 Å². The van der Waals surface area contributed by atoms with E-state index >= 15 is 0 Å². The molecule has 0 bridgehead atoms. The van der Waals surface area contributed by atoms with Crippen molar-refractivity contribution in [2.75, 3.05) is 12.5 Å². The molecule has 0 saturated carbocycles. The Morgan fingerprint density at radius 2 is 1.75 bits per heavy atom. The fourth-order valence-corrected chi connectivity index (χ4v) is 5.97. The van der Waals surface area contributed by atoms with E-state index in [1.165, 1.54) is 10.7 Å². The van der Waals surface area contributed by atoms with Crippen molar-refractivity contribution in [1.29, 1.82) is 0 Å². The van der Waals surface area contributed by atoms with Crippen LogP contribution in [0.1, 0.15) is 10.6 Å². The van der Waals surface area contributed by atoms with Crippen LogP contribution in [-0.2, 0) is 0 Å². The van der Waals surface area contributed by atoms with Crippen molar-refractivity contribution in [3.63, 3.8) is 0 Å². The topological polar surface area (TPSA) is 30.2 Å². The van der Waals surface area contributed by atoms with Gasteiger partial charge in [-0.25, -0.2) is 0 Å². The zero-order valence-electron chi connectivity index (χ0n) is 11.2. The first-order chi connectivity index (χ1) is 9.76. The Morgan fingerprint density at radius 3 is 2.30 bits per heavy atom. The molecule has 0 aliphatic carbocycles. The number of hydrogen-bond donors (Lipinski definition) is 0. The van der Waals surface area contributed by atoms with E-state index in [0.29, 0.717) is 5.76 Å². The van der Waals surface area contributed by atoms with E-state index in [4.69, 9.17) is 4.42 Å². The van der Waals surface area contributed by atoms with Crippen LogP contribution in [0.25, 0.3) is 0 Å². The molecule has 2 rings (SSSR count). The fraction of sp³-hybridized carbons (Fsp3) is 0.133. The number of hydrogen-bond acceptors (Lipinski definition) is 4. The number of benzene rings is 1. The molecule has 5 heteroatoms. The molecule has 0 aliphatic heterocycles. The summed E-state index contributed by atoms with van der Waals surface area (Å²) in [5, 5.41) is 0. The maximum absolute atomic E-state index is 12.6. The molecule has 0 aliphatic rings. The van der Waals surface area contributed by atoms with Crippen molar-refractivity contribution in [2.24, 2.45) is 0 Å². The summed E-state index contributed by atoms with van der Waals surface area (Å²) < 4.78 is 8.38. The predicted octanol–water partition coefficient (Wildman–Crippen LogP) is 3.39. The van der Waals surface area contributed by atoms with Gasteiger partial charge >= 0.3 is 134 Å². The Bertz CT molecular complexity index is 586. The molecule has 0 amide bonds. The second-order valence-corrected chi connectivity index (χ2v) is 7.91. The number of furan rings is 1.